The fourth-order valence-electron chi connectivity index (χ4n) is 0.781. The van der Waals surface area contributed by atoms with Gasteiger partial charge in [0.1, 0.15) is 0 Å². The van der Waals surface area contributed by atoms with Crippen molar-refractivity contribution in [2.45, 2.75) is 18.4 Å². The van der Waals surface area contributed by atoms with Crippen molar-refractivity contribution in [2.75, 3.05) is 0 Å². The van der Waals surface area contributed by atoms with E-state index in [1.54, 1.807) is 6.92 Å². The lowest BCUT2D eigenvalue weighted by Gasteiger charge is -2.02. The lowest BCUT2D eigenvalue weighted by Crippen LogP contribution is -2.07. The van der Waals surface area contributed by atoms with Gasteiger partial charge in [0.05, 0.1) is 5.01 Å². The summed E-state index contributed by atoms with van der Waals surface area (Å²) >= 11 is 4.05. The van der Waals surface area contributed by atoms with Crippen molar-refractivity contribution < 1.29 is 13.2 Å². The van der Waals surface area contributed by atoms with Crippen LogP contribution in [0.4, 0.5) is 13.2 Å². The van der Waals surface area contributed by atoms with Crippen LogP contribution in [0.2, 0.25) is 0 Å². The highest BCUT2D eigenvalue weighted by Gasteiger charge is 2.36. The zero-order chi connectivity index (χ0) is 9.35. The van der Waals surface area contributed by atoms with E-state index in [9.17, 15) is 13.2 Å². The summed E-state index contributed by atoms with van der Waals surface area (Å²) < 4.78 is 36.5. The molecular weight excluding hydrogens is 255 g/mol. The van der Waals surface area contributed by atoms with Crippen molar-refractivity contribution in [3.8, 4) is 0 Å². The quantitative estimate of drug-likeness (QED) is 0.705. The molecule has 0 saturated heterocycles. The topological polar surface area (TPSA) is 12.9 Å². The van der Waals surface area contributed by atoms with Crippen LogP contribution in [0, 0.1) is 6.92 Å². The van der Waals surface area contributed by atoms with Gasteiger partial charge in [-0.25, -0.2) is 4.98 Å². The third kappa shape index (κ3) is 1.98. The summed E-state index contributed by atoms with van der Waals surface area (Å²) in [5.41, 5.74) is -0.762. The van der Waals surface area contributed by atoms with Crippen LogP contribution in [0.3, 0.4) is 0 Å². The van der Waals surface area contributed by atoms with Crippen LogP contribution in [0.25, 0.3) is 0 Å². The van der Waals surface area contributed by atoms with E-state index in [1.165, 1.54) is 0 Å². The van der Waals surface area contributed by atoms with Gasteiger partial charge < -0.3 is 0 Å². The molecule has 0 bridgehead atoms. The first-order valence-corrected chi connectivity index (χ1v) is 4.98. The van der Waals surface area contributed by atoms with Crippen LogP contribution in [0.15, 0.2) is 0 Å². The Labute approximate surface area is 79.8 Å². The van der Waals surface area contributed by atoms with Crippen LogP contribution in [-0.4, -0.2) is 4.98 Å². The molecular formula is C6H5BrF3NS. The molecule has 1 heterocycles. The summed E-state index contributed by atoms with van der Waals surface area (Å²) in [6.07, 6.45) is -4.33. The van der Waals surface area contributed by atoms with E-state index in [0.29, 0.717) is 5.01 Å². The van der Waals surface area contributed by atoms with E-state index in [2.05, 4.69) is 20.9 Å². The SMILES string of the molecule is Cc1nc(C(F)(F)F)c(CBr)s1. The minimum Gasteiger partial charge on any atom is -0.237 e. The van der Waals surface area contributed by atoms with E-state index in [1.807, 2.05) is 0 Å². The molecule has 6 heteroatoms. The number of aromatic nitrogens is 1. The van der Waals surface area contributed by atoms with Gasteiger partial charge in [0, 0.05) is 10.2 Å². The summed E-state index contributed by atoms with van der Waals surface area (Å²) in [5, 5.41) is 0.643. The Morgan fingerprint density at radius 1 is 1.50 bits per heavy atom. The number of rotatable bonds is 1. The molecule has 0 aliphatic carbocycles. The Morgan fingerprint density at radius 3 is 2.42 bits per heavy atom. The fraction of sp³-hybridized carbons (Fsp3) is 0.500. The van der Waals surface area contributed by atoms with Gasteiger partial charge >= 0.3 is 6.18 Å². The molecule has 0 aromatic carbocycles. The third-order valence-electron chi connectivity index (χ3n) is 1.19. The first-order valence-electron chi connectivity index (χ1n) is 3.04. The van der Waals surface area contributed by atoms with Gasteiger partial charge in [-0.1, -0.05) is 15.9 Å². The largest absolute Gasteiger partial charge is 0.434 e. The molecule has 1 aromatic heterocycles. The summed E-state index contributed by atoms with van der Waals surface area (Å²) in [6.45, 7) is 1.56. The fourth-order valence-corrected chi connectivity index (χ4v) is 2.20. The number of hydrogen-bond donors (Lipinski definition) is 0. The van der Waals surface area contributed by atoms with Crippen molar-refractivity contribution in [1.82, 2.24) is 4.98 Å². The molecule has 68 valence electrons. The van der Waals surface area contributed by atoms with E-state index < -0.39 is 11.9 Å². The van der Waals surface area contributed by atoms with Crippen molar-refractivity contribution in [1.29, 1.82) is 0 Å². The lowest BCUT2D eigenvalue weighted by molar-refractivity contribution is -0.141. The summed E-state index contributed by atoms with van der Waals surface area (Å²) in [7, 11) is 0. The number of hydrogen-bond acceptors (Lipinski definition) is 2. The minimum atomic E-state index is -4.33. The van der Waals surface area contributed by atoms with Crippen molar-refractivity contribution in [3.63, 3.8) is 0 Å². The number of thiazole rings is 1. The van der Waals surface area contributed by atoms with Gasteiger partial charge in [-0.3, -0.25) is 0 Å². The molecule has 0 fully saturated rings. The molecule has 0 radical (unpaired) electrons. The summed E-state index contributed by atoms with van der Waals surface area (Å²) in [5.74, 6) is 0. The Kier molecular flexibility index (Phi) is 2.77. The maximum absolute atomic E-state index is 12.2. The van der Waals surface area contributed by atoms with Crippen LogP contribution < -0.4 is 0 Å². The minimum absolute atomic E-state index is 0.202. The standard InChI is InChI=1S/C6H5BrF3NS/c1-3-11-5(6(8,9)10)4(2-7)12-3/h2H2,1H3. The highest BCUT2D eigenvalue weighted by Crippen LogP contribution is 2.34. The number of aryl methyl sites for hydroxylation is 1. The highest BCUT2D eigenvalue weighted by molar-refractivity contribution is 9.08. The second-order valence-corrected chi connectivity index (χ2v) is 3.98. The van der Waals surface area contributed by atoms with Crippen molar-refractivity contribution >= 4 is 27.3 Å². The molecule has 1 nitrogen and oxygen atoms in total. The molecule has 0 amide bonds. The average Bonchev–Trinajstić information content (AvgIpc) is 2.29. The molecule has 0 N–H and O–H groups in total. The Balaban J connectivity index is 3.13. The Hall–Kier alpha value is -0.100. The molecule has 0 unspecified atom stereocenters. The molecule has 1 rings (SSSR count). The van der Waals surface area contributed by atoms with Gasteiger partial charge in [-0.05, 0) is 6.92 Å². The maximum atomic E-state index is 12.2. The van der Waals surface area contributed by atoms with Gasteiger partial charge in [0.15, 0.2) is 5.69 Å². The van der Waals surface area contributed by atoms with Crippen LogP contribution in [-0.2, 0) is 11.5 Å². The number of nitrogens with zero attached hydrogens (tertiary/aromatic N) is 1. The molecule has 0 aliphatic rings. The molecule has 0 aliphatic heterocycles. The maximum Gasteiger partial charge on any atom is 0.434 e. The van der Waals surface area contributed by atoms with Crippen molar-refractivity contribution in [3.05, 3.63) is 15.6 Å². The van der Waals surface area contributed by atoms with Crippen LogP contribution in [0.1, 0.15) is 15.6 Å². The normalized spacial score (nSPS) is 12.1. The predicted molar refractivity (Wildman–Crippen MR) is 44.5 cm³/mol. The first-order chi connectivity index (χ1) is 5.45. The smallest absolute Gasteiger partial charge is 0.237 e. The highest BCUT2D eigenvalue weighted by atomic mass is 79.9. The van der Waals surface area contributed by atoms with E-state index in [4.69, 9.17) is 0 Å². The van der Waals surface area contributed by atoms with Gasteiger partial charge in [0.25, 0.3) is 0 Å². The average molecular weight is 260 g/mol. The van der Waals surface area contributed by atoms with Crippen molar-refractivity contribution in [2.24, 2.45) is 0 Å². The summed E-state index contributed by atoms with van der Waals surface area (Å²) in [4.78, 5) is 3.65. The Morgan fingerprint density at radius 2 is 2.08 bits per heavy atom. The third-order valence-corrected chi connectivity index (χ3v) is 3.10. The van der Waals surface area contributed by atoms with Gasteiger partial charge in [-0.2, -0.15) is 13.2 Å². The van der Waals surface area contributed by atoms with Crippen LogP contribution in [0.5, 0.6) is 0 Å². The number of alkyl halides is 4. The van der Waals surface area contributed by atoms with Gasteiger partial charge in [-0.15, -0.1) is 11.3 Å². The first kappa shape index (κ1) is 9.98. The summed E-state index contributed by atoms with van der Waals surface area (Å²) in [6, 6.07) is 0. The van der Waals surface area contributed by atoms with E-state index in [0.717, 1.165) is 11.3 Å². The molecule has 12 heavy (non-hydrogen) atoms. The second kappa shape index (κ2) is 3.33. The monoisotopic (exact) mass is 259 g/mol. The van der Waals surface area contributed by atoms with Crippen LogP contribution >= 0.6 is 27.3 Å². The zero-order valence-electron chi connectivity index (χ0n) is 6.07. The predicted octanol–water partition coefficient (Wildman–Crippen LogP) is 3.37. The Bertz CT molecular complexity index is 281. The zero-order valence-corrected chi connectivity index (χ0v) is 8.48. The molecule has 1 aromatic rings. The number of halogens is 4. The molecule has 0 spiro atoms. The lowest BCUT2D eigenvalue weighted by atomic mass is 10.4. The molecule has 0 atom stereocenters. The van der Waals surface area contributed by atoms with E-state index in [-0.39, 0.29) is 10.2 Å². The molecule has 0 saturated carbocycles. The second-order valence-electron chi connectivity index (χ2n) is 2.14. The van der Waals surface area contributed by atoms with E-state index >= 15 is 0 Å². The van der Waals surface area contributed by atoms with Gasteiger partial charge in [0.2, 0.25) is 0 Å².